The van der Waals surface area contributed by atoms with Crippen LogP contribution in [0.1, 0.15) is 31.5 Å². The van der Waals surface area contributed by atoms with Crippen molar-refractivity contribution in [1.82, 2.24) is 15.2 Å². The number of aromatic nitrogens is 1. The van der Waals surface area contributed by atoms with Crippen molar-refractivity contribution < 1.29 is 14.3 Å². The Labute approximate surface area is 135 Å². The minimum Gasteiger partial charge on any atom is -0.444 e. The third kappa shape index (κ3) is 5.23. The number of rotatable bonds is 4. The van der Waals surface area contributed by atoms with E-state index in [-0.39, 0.29) is 12.1 Å². The summed E-state index contributed by atoms with van der Waals surface area (Å²) in [5, 5.41) is 6.44. The molecule has 1 aliphatic heterocycles. The highest BCUT2D eigenvalue weighted by atomic mass is 32.1. The van der Waals surface area contributed by atoms with Crippen LogP contribution in [0.2, 0.25) is 0 Å². The molecule has 6 nitrogen and oxygen atoms in total. The molecule has 1 fully saturated rings. The van der Waals surface area contributed by atoms with Gasteiger partial charge < -0.3 is 14.8 Å². The van der Waals surface area contributed by atoms with Gasteiger partial charge in [-0.25, -0.2) is 9.78 Å². The van der Waals surface area contributed by atoms with E-state index >= 15 is 0 Å². The number of nitrogens with zero attached hydrogens (tertiary/aromatic N) is 2. The highest BCUT2D eigenvalue weighted by Crippen LogP contribution is 2.14. The maximum atomic E-state index is 12.3. The number of aryl methyl sites for hydroxylation is 1. The largest absolute Gasteiger partial charge is 0.444 e. The van der Waals surface area contributed by atoms with Crippen LogP contribution < -0.4 is 5.32 Å². The summed E-state index contributed by atoms with van der Waals surface area (Å²) in [6, 6.07) is -0.00957. The predicted octanol–water partition coefficient (Wildman–Crippen LogP) is 2.18. The lowest BCUT2D eigenvalue weighted by molar-refractivity contribution is -0.0317. The van der Waals surface area contributed by atoms with Gasteiger partial charge in [0.1, 0.15) is 10.6 Å². The topological polar surface area (TPSA) is 63.7 Å². The van der Waals surface area contributed by atoms with Crippen molar-refractivity contribution in [3.63, 3.8) is 0 Å². The Morgan fingerprint density at radius 1 is 1.59 bits per heavy atom. The second-order valence-electron chi connectivity index (χ2n) is 6.42. The van der Waals surface area contributed by atoms with Gasteiger partial charge in [-0.1, -0.05) is 0 Å². The van der Waals surface area contributed by atoms with Gasteiger partial charge in [0.15, 0.2) is 0 Å². The first kappa shape index (κ1) is 17.2. The number of nitrogens with one attached hydrogen (secondary N) is 1. The fourth-order valence-electron chi connectivity index (χ4n) is 2.21. The zero-order valence-corrected chi connectivity index (χ0v) is 14.5. The molecule has 22 heavy (non-hydrogen) atoms. The molecule has 1 atom stereocenters. The minimum absolute atomic E-state index is 0.00957. The highest BCUT2D eigenvalue weighted by Gasteiger charge is 2.30. The first-order valence-corrected chi connectivity index (χ1v) is 8.42. The zero-order valence-electron chi connectivity index (χ0n) is 13.7. The van der Waals surface area contributed by atoms with Gasteiger partial charge in [0.25, 0.3) is 0 Å². The Bertz CT molecular complexity index is 498. The van der Waals surface area contributed by atoms with Crippen LogP contribution in [0.5, 0.6) is 0 Å². The van der Waals surface area contributed by atoms with Crippen molar-refractivity contribution in [2.45, 2.75) is 45.9 Å². The third-order valence-electron chi connectivity index (χ3n) is 3.18. The van der Waals surface area contributed by atoms with E-state index in [1.165, 1.54) is 0 Å². The second kappa shape index (κ2) is 7.39. The number of carbonyl (C=O) groups is 1. The smallest absolute Gasteiger partial charge is 0.410 e. The Balaban J connectivity index is 1.85. The van der Waals surface area contributed by atoms with Gasteiger partial charge in [-0.05, 0) is 27.7 Å². The van der Waals surface area contributed by atoms with Crippen LogP contribution in [-0.4, -0.2) is 53.9 Å². The number of hydrogen-bond acceptors (Lipinski definition) is 6. The Hall–Kier alpha value is -1.18. The quantitative estimate of drug-likeness (QED) is 0.918. The van der Waals surface area contributed by atoms with Gasteiger partial charge in [0.05, 0.1) is 19.3 Å². The van der Waals surface area contributed by atoms with Crippen molar-refractivity contribution >= 4 is 17.4 Å². The molecule has 1 saturated heterocycles. The standard InChI is InChI=1S/C15H25N3O3S/c1-11-10-22-13(17-11)8-16-7-12-9-20-6-5-18(12)14(19)21-15(2,3)4/h10,12,16H,5-9H2,1-4H3. The number of amides is 1. The number of ether oxygens (including phenoxy) is 2. The maximum Gasteiger partial charge on any atom is 0.410 e. The van der Waals surface area contributed by atoms with E-state index in [1.54, 1.807) is 16.2 Å². The molecule has 1 N–H and O–H groups in total. The van der Waals surface area contributed by atoms with Gasteiger partial charge in [-0.2, -0.15) is 0 Å². The first-order valence-electron chi connectivity index (χ1n) is 7.54. The lowest BCUT2D eigenvalue weighted by atomic mass is 10.2. The molecule has 0 saturated carbocycles. The normalized spacial score (nSPS) is 19.3. The number of thiazole rings is 1. The molecule has 0 spiro atoms. The van der Waals surface area contributed by atoms with Gasteiger partial charge in [-0.15, -0.1) is 11.3 Å². The molecule has 2 rings (SSSR count). The summed E-state index contributed by atoms with van der Waals surface area (Å²) < 4.78 is 11.0. The summed E-state index contributed by atoms with van der Waals surface area (Å²) in [6.45, 7) is 10.6. The van der Waals surface area contributed by atoms with Crippen LogP contribution in [0.25, 0.3) is 0 Å². The second-order valence-corrected chi connectivity index (χ2v) is 7.36. The third-order valence-corrected chi connectivity index (χ3v) is 4.14. The monoisotopic (exact) mass is 327 g/mol. The SMILES string of the molecule is Cc1csc(CNCC2COCCN2C(=O)OC(C)(C)C)n1. The molecular weight excluding hydrogens is 302 g/mol. The van der Waals surface area contributed by atoms with E-state index in [0.717, 1.165) is 10.7 Å². The molecule has 1 aromatic heterocycles. The molecule has 124 valence electrons. The predicted molar refractivity (Wildman–Crippen MR) is 86.1 cm³/mol. The van der Waals surface area contributed by atoms with E-state index in [1.807, 2.05) is 33.1 Å². The fourth-order valence-corrected chi connectivity index (χ4v) is 2.96. The van der Waals surface area contributed by atoms with Gasteiger partial charge in [0, 0.05) is 30.7 Å². The van der Waals surface area contributed by atoms with Crippen LogP contribution in [0.15, 0.2) is 5.38 Å². The molecule has 0 aromatic carbocycles. The van der Waals surface area contributed by atoms with Crippen LogP contribution in [0.3, 0.4) is 0 Å². The van der Waals surface area contributed by atoms with E-state index < -0.39 is 5.60 Å². The minimum atomic E-state index is -0.480. The van der Waals surface area contributed by atoms with Crippen LogP contribution in [0, 0.1) is 6.92 Å². The number of carbonyl (C=O) groups excluding carboxylic acids is 1. The summed E-state index contributed by atoms with van der Waals surface area (Å²) in [4.78, 5) is 18.4. The van der Waals surface area contributed by atoms with Crippen LogP contribution >= 0.6 is 11.3 Å². The summed E-state index contributed by atoms with van der Waals surface area (Å²) in [5.74, 6) is 0. The van der Waals surface area contributed by atoms with Crippen molar-refractivity contribution in [1.29, 1.82) is 0 Å². The molecule has 1 aliphatic rings. The lowest BCUT2D eigenvalue weighted by Gasteiger charge is -2.36. The van der Waals surface area contributed by atoms with Crippen LogP contribution in [0.4, 0.5) is 4.79 Å². The Morgan fingerprint density at radius 2 is 2.36 bits per heavy atom. The first-order chi connectivity index (χ1) is 10.3. The van der Waals surface area contributed by atoms with Crippen LogP contribution in [-0.2, 0) is 16.0 Å². The average molecular weight is 327 g/mol. The average Bonchev–Trinajstić information content (AvgIpc) is 2.83. The molecule has 1 aromatic rings. The molecule has 0 bridgehead atoms. The molecule has 0 radical (unpaired) electrons. The Morgan fingerprint density at radius 3 is 3.00 bits per heavy atom. The molecule has 0 aliphatic carbocycles. The van der Waals surface area contributed by atoms with E-state index in [4.69, 9.17) is 9.47 Å². The Kier molecular flexibility index (Phi) is 5.77. The maximum absolute atomic E-state index is 12.3. The molecular formula is C15H25N3O3S. The lowest BCUT2D eigenvalue weighted by Crippen LogP contribution is -2.54. The molecule has 2 heterocycles. The number of morpholine rings is 1. The van der Waals surface area contributed by atoms with E-state index in [2.05, 4.69) is 10.3 Å². The highest BCUT2D eigenvalue weighted by molar-refractivity contribution is 7.09. The molecule has 7 heteroatoms. The van der Waals surface area contributed by atoms with Crippen molar-refractivity contribution in [3.8, 4) is 0 Å². The summed E-state index contributed by atoms with van der Waals surface area (Å²) in [7, 11) is 0. The zero-order chi connectivity index (χ0) is 16.2. The van der Waals surface area contributed by atoms with Crippen molar-refractivity contribution in [2.75, 3.05) is 26.3 Å². The number of hydrogen-bond donors (Lipinski definition) is 1. The summed E-state index contributed by atoms with van der Waals surface area (Å²) in [6.07, 6.45) is -0.271. The summed E-state index contributed by atoms with van der Waals surface area (Å²) >= 11 is 1.64. The van der Waals surface area contributed by atoms with Gasteiger partial charge in [-0.3, -0.25) is 4.90 Å². The van der Waals surface area contributed by atoms with E-state index in [0.29, 0.717) is 32.8 Å². The van der Waals surface area contributed by atoms with Crippen molar-refractivity contribution in [2.24, 2.45) is 0 Å². The molecule has 1 unspecified atom stereocenters. The van der Waals surface area contributed by atoms with Gasteiger partial charge in [0.2, 0.25) is 0 Å². The van der Waals surface area contributed by atoms with Crippen molar-refractivity contribution in [3.05, 3.63) is 16.1 Å². The summed E-state index contributed by atoms with van der Waals surface area (Å²) in [5.41, 5.74) is 0.560. The fraction of sp³-hybridized carbons (Fsp3) is 0.733. The molecule has 1 amide bonds. The van der Waals surface area contributed by atoms with Gasteiger partial charge >= 0.3 is 6.09 Å². The van der Waals surface area contributed by atoms with E-state index in [9.17, 15) is 4.79 Å².